The Morgan fingerprint density at radius 3 is 2.67 bits per heavy atom. The molecular formula is C9H9NO4S. The number of aliphatic imine (C=N–C) groups is 1. The van der Waals surface area contributed by atoms with Crippen LogP contribution >= 0.6 is 0 Å². The van der Waals surface area contributed by atoms with E-state index in [-0.39, 0.29) is 11.4 Å². The van der Waals surface area contributed by atoms with E-state index < -0.39 is 10.1 Å². The van der Waals surface area contributed by atoms with E-state index >= 15 is 0 Å². The molecule has 6 heteroatoms. The molecule has 0 spiro atoms. The second-order valence-corrected chi connectivity index (χ2v) is 4.32. The number of nitrogens with zero attached hydrogens (tertiary/aromatic N) is 1. The van der Waals surface area contributed by atoms with Gasteiger partial charge in [0.2, 0.25) is 6.08 Å². The molecule has 80 valence electrons. The molecule has 15 heavy (non-hydrogen) atoms. The van der Waals surface area contributed by atoms with Crippen LogP contribution in [0.1, 0.15) is 5.56 Å². The molecular weight excluding hydrogens is 218 g/mol. The van der Waals surface area contributed by atoms with Crippen molar-refractivity contribution in [2.45, 2.75) is 11.4 Å². The highest BCUT2D eigenvalue weighted by molar-refractivity contribution is 7.86. The molecule has 0 fully saturated rings. The minimum absolute atomic E-state index is 0.0199. The summed E-state index contributed by atoms with van der Waals surface area (Å²) in [6.45, 7) is -0.0255. The Hall–Kier alpha value is -1.49. The van der Waals surface area contributed by atoms with Crippen molar-refractivity contribution in [1.29, 1.82) is 0 Å². The lowest BCUT2D eigenvalue weighted by molar-refractivity contribution is 0.397. The maximum absolute atomic E-state index is 11.4. The van der Waals surface area contributed by atoms with Gasteiger partial charge in [0.05, 0.1) is 18.6 Å². The van der Waals surface area contributed by atoms with Gasteiger partial charge in [-0.15, -0.1) is 0 Å². The predicted octanol–water partition coefficient (Wildman–Crippen LogP) is 0.858. The van der Waals surface area contributed by atoms with Crippen molar-refractivity contribution in [2.75, 3.05) is 7.11 Å². The Bertz CT molecular complexity index is 489. The van der Waals surface area contributed by atoms with Crippen LogP contribution in [0.15, 0.2) is 34.2 Å². The topological polar surface area (TPSA) is 72.8 Å². The van der Waals surface area contributed by atoms with Crippen molar-refractivity contribution in [3.8, 4) is 0 Å². The molecule has 1 rings (SSSR count). The van der Waals surface area contributed by atoms with E-state index in [0.717, 1.165) is 7.11 Å². The largest absolute Gasteiger partial charge is 0.297 e. The number of hydrogen-bond acceptors (Lipinski definition) is 5. The molecule has 0 bridgehead atoms. The fourth-order valence-corrected chi connectivity index (χ4v) is 1.96. The SMILES string of the molecule is COS(=O)(=O)c1ccccc1CN=C=O. The molecule has 0 saturated heterocycles. The van der Waals surface area contributed by atoms with Crippen LogP contribution in [0.3, 0.4) is 0 Å². The molecule has 0 aliphatic rings. The van der Waals surface area contributed by atoms with Crippen LogP contribution in [-0.4, -0.2) is 21.6 Å². The van der Waals surface area contributed by atoms with Crippen LogP contribution in [0, 0.1) is 0 Å². The van der Waals surface area contributed by atoms with Gasteiger partial charge in [0.15, 0.2) is 0 Å². The van der Waals surface area contributed by atoms with Gasteiger partial charge in [-0.05, 0) is 11.6 Å². The summed E-state index contributed by atoms with van der Waals surface area (Å²) in [6, 6.07) is 6.19. The highest BCUT2D eigenvalue weighted by Gasteiger charge is 2.16. The molecule has 0 atom stereocenters. The number of isocyanates is 1. The number of rotatable bonds is 4. The van der Waals surface area contributed by atoms with Crippen molar-refractivity contribution in [1.82, 2.24) is 0 Å². The second kappa shape index (κ2) is 4.84. The molecule has 1 aromatic rings. The molecule has 0 N–H and O–H groups in total. The van der Waals surface area contributed by atoms with E-state index in [1.165, 1.54) is 12.1 Å². The van der Waals surface area contributed by atoms with Crippen molar-refractivity contribution >= 4 is 16.2 Å². The zero-order chi connectivity index (χ0) is 11.3. The van der Waals surface area contributed by atoms with Crippen LogP contribution in [0.4, 0.5) is 0 Å². The van der Waals surface area contributed by atoms with Gasteiger partial charge >= 0.3 is 0 Å². The Morgan fingerprint density at radius 1 is 1.40 bits per heavy atom. The number of hydrogen-bond donors (Lipinski definition) is 0. The van der Waals surface area contributed by atoms with E-state index in [4.69, 9.17) is 0 Å². The predicted molar refractivity (Wildman–Crippen MR) is 52.5 cm³/mol. The standard InChI is InChI=1S/C9H9NO4S/c1-14-15(12,13)9-5-3-2-4-8(9)6-10-7-11/h2-5H,6H2,1H3. The molecule has 0 aromatic heterocycles. The Kier molecular flexibility index (Phi) is 3.74. The minimum Gasteiger partial charge on any atom is -0.270 e. The maximum atomic E-state index is 11.4. The van der Waals surface area contributed by atoms with Crippen LogP contribution < -0.4 is 0 Å². The lowest BCUT2D eigenvalue weighted by Crippen LogP contribution is -2.06. The summed E-state index contributed by atoms with van der Waals surface area (Å²) in [6.07, 6.45) is 1.35. The van der Waals surface area contributed by atoms with Crippen molar-refractivity contribution < 1.29 is 17.4 Å². The van der Waals surface area contributed by atoms with E-state index in [2.05, 4.69) is 9.18 Å². The van der Waals surface area contributed by atoms with Crippen molar-refractivity contribution in [3.63, 3.8) is 0 Å². The van der Waals surface area contributed by atoms with Crippen LogP contribution in [-0.2, 0) is 25.6 Å². The summed E-state index contributed by atoms with van der Waals surface area (Å²) in [5.41, 5.74) is 0.405. The third kappa shape index (κ3) is 2.73. The smallest absolute Gasteiger partial charge is 0.270 e. The van der Waals surface area contributed by atoms with Crippen LogP contribution in [0.2, 0.25) is 0 Å². The Balaban J connectivity index is 3.23. The fraction of sp³-hybridized carbons (Fsp3) is 0.222. The van der Waals surface area contributed by atoms with Gasteiger partial charge in [-0.25, -0.2) is 9.79 Å². The van der Waals surface area contributed by atoms with E-state index in [9.17, 15) is 13.2 Å². The molecule has 1 aromatic carbocycles. The first-order valence-corrected chi connectivity index (χ1v) is 5.45. The molecule has 0 heterocycles. The Morgan fingerprint density at radius 2 is 2.07 bits per heavy atom. The van der Waals surface area contributed by atoms with E-state index in [0.29, 0.717) is 5.56 Å². The van der Waals surface area contributed by atoms with E-state index in [1.54, 1.807) is 18.2 Å². The summed E-state index contributed by atoms with van der Waals surface area (Å²) in [7, 11) is -2.67. The van der Waals surface area contributed by atoms with Crippen molar-refractivity contribution in [2.24, 2.45) is 4.99 Å². The lowest BCUT2D eigenvalue weighted by Gasteiger charge is -2.05. The highest BCUT2D eigenvalue weighted by Crippen LogP contribution is 2.17. The monoisotopic (exact) mass is 227 g/mol. The van der Waals surface area contributed by atoms with Gasteiger partial charge in [0.25, 0.3) is 10.1 Å². The van der Waals surface area contributed by atoms with Gasteiger partial charge < -0.3 is 0 Å². The molecule has 0 saturated carbocycles. The molecule has 5 nitrogen and oxygen atoms in total. The molecule has 0 amide bonds. The zero-order valence-electron chi connectivity index (χ0n) is 8.00. The number of carbonyl (C=O) groups excluding carboxylic acids is 1. The molecule has 0 unspecified atom stereocenters. The molecule has 0 radical (unpaired) electrons. The average Bonchev–Trinajstić information content (AvgIpc) is 2.26. The third-order valence-electron chi connectivity index (χ3n) is 1.78. The summed E-state index contributed by atoms with van der Waals surface area (Å²) in [4.78, 5) is 13.3. The van der Waals surface area contributed by atoms with Gasteiger partial charge in [-0.2, -0.15) is 8.42 Å². The van der Waals surface area contributed by atoms with Crippen molar-refractivity contribution in [3.05, 3.63) is 29.8 Å². The first-order chi connectivity index (χ1) is 7.11. The average molecular weight is 227 g/mol. The fourth-order valence-electron chi connectivity index (χ4n) is 1.09. The normalized spacial score (nSPS) is 10.7. The first kappa shape index (κ1) is 11.6. The molecule has 0 aliphatic heterocycles. The minimum atomic E-state index is -3.75. The summed E-state index contributed by atoms with van der Waals surface area (Å²) in [5, 5.41) is 0. The maximum Gasteiger partial charge on any atom is 0.297 e. The van der Waals surface area contributed by atoms with Gasteiger partial charge in [-0.1, -0.05) is 18.2 Å². The highest BCUT2D eigenvalue weighted by atomic mass is 32.2. The third-order valence-corrected chi connectivity index (χ3v) is 3.15. The number of benzene rings is 1. The summed E-state index contributed by atoms with van der Waals surface area (Å²) < 4.78 is 27.2. The lowest BCUT2D eigenvalue weighted by atomic mass is 10.2. The van der Waals surface area contributed by atoms with E-state index in [1.807, 2.05) is 0 Å². The zero-order valence-corrected chi connectivity index (χ0v) is 8.82. The van der Waals surface area contributed by atoms with Gasteiger partial charge in [0.1, 0.15) is 0 Å². The Labute approximate surface area is 87.5 Å². The van der Waals surface area contributed by atoms with Crippen LogP contribution in [0.25, 0.3) is 0 Å². The van der Waals surface area contributed by atoms with Gasteiger partial charge in [-0.3, -0.25) is 4.18 Å². The van der Waals surface area contributed by atoms with Gasteiger partial charge in [0, 0.05) is 0 Å². The first-order valence-electron chi connectivity index (χ1n) is 4.04. The van der Waals surface area contributed by atoms with Crippen LogP contribution in [0.5, 0.6) is 0 Å². The molecule has 0 aliphatic carbocycles. The quantitative estimate of drug-likeness (QED) is 0.434. The summed E-state index contributed by atoms with van der Waals surface area (Å²) in [5.74, 6) is 0. The summed E-state index contributed by atoms with van der Waals surface area (Å²) >= 11 is 0. The second-order valence-electron chi connectivity index (χ2n) is 2.64.